The van der Waals surface area contributed by atoms with Crippen LogP contribution in [0.2, 0.25) is 0 Å². The van der Waals surface area contributed by atoms with Gasteiger partial charge in [0.05, 0.1) is 104 Å². The van der Waals surface area contributed by atoms with Crippen LogP contribution >= 0.6 is 0 Å². The molecular formula is C34H58O18. The molecule has 0 spiro atoms. The first-order valence-corrected chi connectivity index (χ1v) is 17.5. The molecule has 0 radical (unpaired) electrons. The van der Waals surface area contributed by atoms with E-state index in [9.17, 15) is 39.0 Å². The summed E-state index contributed by atoms with van der Waals surface area (Å²) in [6.07, 6.45) is 1.59. The van der Waals surface area contributed by atoms with Crippen molar-refractivity contribution in [3.8, 4) is 0 Å². The van der Waals surface area contributed by atoms with Crippen LogP contribution in [0.5, 0.6) is 0 Å². The lowest BCUT2D eigenvalue weighted by atomic mass is 9.87. The average molecular weight is 755 g/mol. The van der Waals surface area contributed by atoms with Crippen molar-refractivity contribution >= 4 is 35.8 Å². The lowest BCUT2D eigenvalue weighted by molar-refractivity contribution is -0.162. The fourth-order valence-corrected chi connectivity index (χ4v) is 4.25. The van der Waals surface area contributed by atoms with Crippen molar-refractivity contribution in [2.45, 2.75) is 64.2 Å². The molecule has 2 unspecified atom stereocenters. The van der Waals surface area contributed by atoms with Crippen molar-refractivity contribution in [1.29, 1.82) is 0 Å². The van der Waals surface area contributed by atoms with Gasteiger partial charge in [-0.15, -0.1) is 0 Å². The molecule has 52 heavy (non-hydrogen) atoms. The Morgan fingerprint density at radius 2 is 0.692 bits per heavy atom. The van der Waals surface area contributed by atoms with Gasteiger partial charge < -0.3 is 57.6 Å². The molecule has 0 saturated carbocycles. The van der Waals surface area contributed by atoms with Gasteiger partial charge in [-0.05, 0) is 38.5 Å². The quantitative estimate of drug-likeness (QED) is 0.0523. The van der Waals surface area contributed by atoms with Crippen molar-refractivity contribution in [2.75, 3.05) is 107 Å². The van der Waals surface area contributed by atoms with Crippen LogP contribution in [0, 0.1) is 11.8 Å². The maximum absolute atomic E-state index is 12.3. The highest BCUT2D eigenvalue weighted by Crippen LogP contribution is 2.22. The van der Waals surface area contributed by atoms with Gasteiger partial charge in [0.1, 0.15) is 13.2 Å². The maximum Gasteiger partial charge on any atom is 0.307 e. The summed E-state index contributed by atoms with van der Waals surface area (Å²) in [5.74, 6) is -9.22. The van der Waals surface area contributed by atoms with Crippen LogP contribution in [0.15, 0.2) is 0 Å². The highest BCUT2D eigenvalue weighted by atomic mass is 16.6. The lowest BCUT2D eigenvalue weighted by Gasteiger charge is -2.19. The van der Waals surface area contributed by atoms with Crippen LogP contribution in [-0.4, -0.2) is 153 Å². The molecule has 2 N–H and O–H groups in total. The first-order valence-electron chi connectivity index (χ1n) is 17.5. The lowest BCUT2D eigenvalue weighted by Crippen LogP contribution is -2.34. The third-order valence-electron chi connectivity index (χ3n) is 7.06. The first kappa shape index (κ1) is 48.6. The molecule has 18 heteroatoms. The Labute approximate surface area is 304 Å². The van der Waals surface area contributed by atoms with Crippen LogP contribution in [0.4, 0.5) is 0 Å². The predicted molar refractivity (Wildman–Crippen MR) is 179 cm³/mol. The first-order chi connectivity index (χ1) is 25.1. The molecule has 0 aromatic heterocycles. The number of rotatable bonds is 37. The molecule has 0 amide bonds. The summed E-state index contributed by atoms with van der Waals surface area (Å²) in [4.78, 5) is 71.8. The van der Waals surface area contributed by atoms with Crippen LogP contribution in [-0.2, 0) is 76.1 Å². The zero-order chi connectivity index (χ0) is 38.7. The molecule has 0 heterocycles. The van der Waals surface area contributed by atoms with E-state index in [4.69, 9.17) is 47.4 Å². The smallest absolute Gasteiger partial charge is 0.307 e. The van der Waals surface area contributed by atoms with Gasteiger partial charge in [-0.3, -0.25) is 28.8 Å². The fraction of sp³-hybridized carbons (Fsp3) is 0.824. The van der Waals surface area contributed by atoms with Gasteiger partial charge >= 0.3 is 35.8 Å². The number of unbranched alkanes of at least 4 members (excludes halogenated alkanes) is 4. The molecule has 0 aliphatic heterocycles. The Kier molecular flexibility index (Phi) is 32.4. The van der Waals surface area contributed by atoms with E-state index in [1.54, 1.807) is 14.2 Å². The van der Waals surface area contributed by atoms with Crippen molar-refractivity contribution < 1.29 is 86.3 Å². The second kappa shape index (κ2) is 34.7. The van der Waals surface area contributed by atoms with Crippen LogP contribution in [0.3, 0.4) is 0 Å². The molecule has 0 saturated heterocycles. The van der Waals surface area contributed by atoms with Crippen molar-refractivity contribution in [2.24, 2.45) is 11.8 Å². The predicted octanol–water partition coefficient (Wildman–Crippen LogP) is 1.82. The number of hydrogen-bond acceptors (Lipinski definition) is 16. The number of carbonyl (C=O) groups excluding carboxylic acids is 4. The Bertz CT molecular complexity index is 898. The Morgan fingerprint density at radius 3 is 1.02 bits per heavy atom. The van der Waals surface area contributed by atoms with E-state index in [0.29, 0.717) is 91.4 Å². The molecule has 0 bridgehead atoms. The molecule has 0 aliphatic rings. The standard InChI is InChI=1S/C34H58O18/c1-43-13-15-45-17-19-47-21-23-51-29(35)9-5-3-7-11-49-31(37)25-27(33(39)40)28(34(41)42)26-32(38)50-12-8-4-6-10-30(36)52-24-22-48-20-18-46-16-14-44-2/h27-28H,3-26H2,1-2H3,(H,39,40)(H,41,42). The van der Waals surface area contributed by atoms with Gasteiger partial charge in [0.2, 0.25) is 0 Å². The van der Waals surface area contributed by atoms with Gasteiger partial charge in [-0.1, -0.05) is 0 Å². The number of aliphatic carboxylic acids is 2. The number of ether oxygens (including phenoxy) is 10. The van der Waals surface area contributed by atoms with Crippen LogP contribution < -0.4 is 0 Å². The highest BCUT2D eigenvalue weighted by molar-refractivity contribution is 5.87. The number of carboxylic acids is 2. The molecule has 0 aromatic rings. The largest absolute Gasteiger partial charge is 0.481 e. The van der Waals surface area contributed by atoms with Crippen LogP contribution in [0.1, 0.15) is 64.2 Å². The van der Waals surface area contributed by atoms with Crippen molar-refractivity contribution in [1.82, 2.24) is 0 Å². The second-order valence-corrected chi connectivity index (χ2v) is 11.2. The van der Waals surface area contributed by atoms with Gasteiger partial charge in [-0.25, -0.2) is 0 Å². The zero-order valence-electron chi connectivity index (χ0n) is 30.6. The summed E-state index contributed by atoms with van der Waals surface area (Å²) < 4.78 is 51.0. The monoisotopic (exact) mass is 754 g/mol. The SMILES string of the molecule is COCCOCCOCCOC(=O)CCCCCOC(=O)CC(C(=O)O)C(CC(=O)OCCCCCC(=O)OCCOCCOCCOC)C(=O)O. The van der Waals surface area contributed by atoms with E-state index in [2.05, 4.69) is 0 Å². The Morgan fingerprint density at radius 1 is 0.385 bits per heavy atom. The minimum absolute atomic E-state index is 0.0572. The Balaban J connectivity index is 4.12. The van der Waals surface area contributed by atoms with Gasteiger partial charge in [0, 0.05) is 27.1 Å². The molecule has 0 aromatic carbocycles. The van der Waals surface area contributed by atoms with E-state index in [1.807, 2.05) is 0 Å². The molecule has 18 nitrogen and oxygen atoms in total. The maximum atomic E-state index is 12.3. The molecule has 0 fully saturated rings. The molecule has 0 rings (SSSR count). The highest BCUT2D eigenvalue weighted by Gasteiger charge is 2.38. The summed E-state index contributed by atoms with van der Waals surface area (Å²) in [6, 6.07) is 0. The third-order valence-corrected chi connectivity index (χ3v) is 7.06. The Hall–Kier alpha value is -3.42. The molecule has 0 aliphatic carbocycles. The summed E-state index contributed by atoms with van der Waals surface area (Å²) in [5.41, 5.74) is 0. The number of esters is 4. The van der Waals surface area contributed by atoms with Crippen molar-refractivity contribution in [3.63, 3.8) is 0 Å². The molecular weight excluding hydrogens is 696 g/mol. The van der Waals surface area contributed by atoms with E-state index in [0.717, 1.165) is 0 Å². The summed E-state index contributed by atoms with van der Waals surface area (Å²) in [6.45, 7) is 4.08. The third kappa shape index (κ3) is 30.2. The summed E-state index contributed by atoms with van der Waals surface area (Å²) in [5, 5.41) is 19.2. The van der Waals surface area contributed by atoms with Gasteiger partial charge in [0.15, 0.2) is 0 Å². The number of carboxylic acid groups (broad SMARTS) is 2. The van der Waals surface area contributed by atoms with E-state index < -0.39 is 60.5 Å². The van der Waals surface area contributed by atoms with Gasteiger partial charge in [0.25, 0.3) is 0 Å². The molecule has 2 atom stereocenters. The van der Waals surface area contributed by atoms with E-state index in [1.165, 1.54) is 0 Å². The number of methoxy groups -OCH3 is 2. The van der Waals surface area contributed by atoms with Crippen LogP contribution in [0.25, 0.3) is 0 Å². The minimum atomic E-state index is -1.72. The average Bonchev–Trinajstić information content (AvgIpc) is 3.11. The summed E-state index contributed by atoms with van der Waals surface area (Å²) in [7, 11) is 3.16. The normalized spacial score (nSPS) is 12.1. The zero-order valence-corrected chi connectivity index (χ0v) is 30.6. The van der Waals surface area contributed by atoms with E-state index >= 15 is 0 Å². The topological polar surface area (TPSA) is 235 Å². The summed E-state index contributed by atoms with van der Waals surface area (Å²) >= 11 is 0. The van der Waals surface area contributed by atoms with Crippen molar-refractivity contribution in [3.05, 3.63) is 0 Å². The minimum Gasteiger partial charge on any atom is -0.481 e. The number of carbonyl (C=O) groups is 6. The number of hydrogen-bond donors (Lipinski definition) is 2. The second-order valence-electron chi connectivity index (χ2n) is 11.2. The molecule has 302 valence electrons. The van der Waals surface area contributed by atoms with E-state index in [-0.39, 0.29) is 52.5 Å². The fourth-order valence-electron chi connectivity index (χ4n) is 4.25. The van der Waals surface area contributed by atoms with Gasteiger partial charge in [-0.2, -0.15) is 0 Å².